The molecule has 132 heavy (non-hydrogen) atoms. The molecule has 0 amide bonds. The van der Waals surface area contributed by atoms with Crippen LogP contribution in [-0.4, -0.2) is 18.3 Å². The summed E-state index contributed by atoms with van der Waals surface area (Å²) in [5.41, 5.74) is -3.78. The molecule has 0 aliphatic heterocycles. The van der Waals surface area contributed by atoms with Gasteiger partial charge in [-0.15, -0.1) is 0 Å². The van der Waals surface area contributed by atoms with Crippen LogP contribution in [-0.2, 0) is 26.2 Å². The molecule has 12 nitrogen and oxygen atoms in total. The van der Waals surface area contributed by atoms with Crippen LogP contribution < -0.4 is 44.5 Å². The quantitative estimate of drug-likeness (QED) is 0.0207. The Balaban J connectivity index is 1.08. The van der Waals surface area contributed by atoms with E-state index in [2.05, 4.69) is 55.4 Å². The molecule has 0 aliphatic carbocycles. The number of pyridine rings is 4. The molecule has 0 saturated heterocycles. The number of benzene rings is 10. The highest BCUT2D eigenvalue weighted by Gasteiger charge is 2.35. The van der Waals surface area contributed by atoms with Gasteiger partial charge in [0.1, 0.15) is 0 Å². The van der Waals surface area contributed by atoms with Crippen molar-refractivity contribution >= 4 is 197 Å². The van der Waals surface area contributed by atoms with Gasteiger partial charge in [0.15, 0.2) is 0 Å². The minimum Gasteiger partial charge on any atom is -0.274 e. The molecule has 0 radical (unpaired) electrons. The Bertz CT molecular complexity index is 6160. The van der Waals surface area contributed by atoms with Gasteiger partial charge in [0.25, 0.3) is 44.5 Å². The molecule has 4 heterocycles. The third-order valence-electron chi connectivity index (χ3n) is 31.6. The normalized spacial score (nSPS) is 13.6. The van der Waals surface area contributed by atoms with E-state index in [1.165, 1.54) is 121 Å². The fraction of sp³-hybridized carbons (Fsp3) is 0.586. The number of halogens is 4. The lowest BCUT2D eigenvalue weighted by Gasteiger charge is -2.26. The predicted octanol–water partition coefficient (Wildman–Crippen LogP) is 33.5. The van der Waals surface area contributed by atoms with E-state index in [4.69, 9.17) is 46.4 Å². The molecule has 0 fully saturated rings. The second kappa shape index (κ2) is 46.1. The molecule has 15 rings (SSSR count). The van der Waals surface area contributed by atoms with E-state index in [0.717, 1.165) is 205 Å². The van der Waals surface area contributed by atoms with Crippen molar-refractivity contribution in [1.82, 2.24) is 18.3 Å². The van der Waals surface area contributed by atoms with E-state index in [9.17, 15) is 0 Å². The second-order valence-corrected chi connectivity index (χ2v) is 42.4. The van der Waals surface area contributed by atoms with Crippen molar-refractivity contribution in [2.24, 2.45) is 23.7 Å². The Hall–Kier alpha value is -7.48. The van der Waals surface area contributed by atoms with Crippen LogP contribution >= 0.6 is 46.4 Å². The van der Waals surface area contributed by atoms with Crippen molar-refractivity contribution in [3.63, 3.8) is 0 Å². The van der Waals surface area contributed by atoms with Crippen LogP contribution in [0.4, 0.5) is 0 Å². The molecule has 4 aromatic heterocycles. The van der Waals surface area contributed by atoms with Crippen molar-refractivity contribution in [1.29, 1.82) is 0 Å². The van der Waals surface area contributed by atoms with Crippen LogP contribution in [0.15, 0.2) is 86.9 Å². The molecule has 0 N–H and O–H groups in total. The highest BCUT2D eigenvalue weighted by molar-refractivity contribution is 6.59. The van der Waals surface area contributed by atoms with Crippen LogP contribution in [0.5, 0.6) is 0 Å². The van der Waals surface area contributed by atoms with Gasteiger partial charge in [-0.1, -0.05) is 410 Å². The molecule has 0 bridgehead atoms. The van der Waals surface area contributed by atoms with Crippen molar-refractivity contribution in [2.45, 2.75) is 415 Å². The summed E-state index contributed by atoms with van der Waals surface area (Å²) in [6.45, 7) is 18.5. The first kappa shape index (κ1) is 99.0. The maximum Gasteiger partial charge on any atom is 0.261 e. The third kappa shape index (κ3) is 20.0. The van der Waals surface area contributed by atoms with Gasteiger partial charge < -0.3 is 0 Å². The summed E-state index contributed by atoms with van der Waals surface area (Å²) in [6, 6.07) is 14.4. The van der Waals surface area contributed by atoms with Gasteiger partial charge in [-0.25, -0.2) is 0 Å². The average Bonchev–Trinajstić information content (AvgIpc) is 0.652. The monoisotopic (exact) mass is 1870 g/mol. The minimum atomic E-state index is -0.480. The average molecular weight is 1870 g/mol. The second-order valence-electron chi connectivity index (χ2n) is 40.8. The first-order valence-electron chi connectivity index (χ1n) is 53.1. The maximum atomic E-state index is 16.8. The SMILES string of the molecule is CCCCCCCCC(CCCCCC)CCn1c(=O)c2cc(Cl)c3c4c(Cl)cc5c(=O)n(CCC(CCCCCC)CCCCCCCC)c(=O)c6cc7c8cc9c(=O)n(CCC(CCCCCC)CCCCCCCC)c(=O)c%10cc(Cl)c%11c%12c(Cl)cc%13c(=O)n(CCC(CCCCCC)CCCCCCCC)c(=O)c%14cc(c%15cc(c1=O)c2c3c%15c7c4c56)c(c8c%11c%109)c%12c%13%14. The molecular formula is C116H148Cl4N4O8. The Morgan fingerprint density at radius 2 is 0.311 bits per heavy atom. The fourth-order valence-corrected chi connectivity index (χ4v) is 25.4. The number of fused-ring (bicyclic) bond motifs is 4. The molecule has 15 aromatic rings. The van der Waals surface area contributed by atoms with E-state index in [1.54, 1.807) is 24.3 Å². The van der Waals surface area contributed by atoms with Crippen molar-refractivity contribution in [2.75, 3.05) is 0 Å². The van der Waals surface area contributed by atoms with Gasteiger partial charge in [0.2, 0.25) is 0 Å². The highest BCUT2D eigenvalue weighted by Crippen LogP contribution is 2.58. The van der Waals surface area contributed by atoms with Crippen LogP contribution in [0.3, 0.4) is 0 Å². The van der Waals surface area contributed by atoms with E-state index in [-0.39, 0.29) is 113 Å². The molecule has 11 aromatic carbocycles. The Morgan fingerprint density at radius 1 is 0.167 bits per heavy atom. The van der Waals surface area contributed by atoms with E-state index in [1.807, 2.05) is 24.3 Å². The highest BCUT2D eigenvalue weighted by atomic mass is 35.5. The fourth-order valence-electron chi connectivity index (χ4n) is 24.2. The first-order chi connectivity index (χ1) is 64.3. The van der Waals surface area contributed by atoms with Crippen molar-refractivity contribution in [3.05, 3.63) is 151 Å². The predicted molar refractivity (Wildman–Crippen MR) is 571 cm³/mol. The number of rotatable bonds is 60. The molecule has 0 saturated carbocycles. The van der Waals surface area contributed by atoms with Crippen LogP contribution in [0.1, 0.15) is 389 Å². The summed E-state index contributed by atoms with van der Waals surface area (Å²) >= 11 is 32.7. The largest absolute Gasteiger partial charge is 0.274 e. The molecule has 708 valence electrons. The van der Waals surface area contributed by atoms with Crippen LogP contribution in [0.25, 0.3) is 151 Å². The Morgan fingerprint density at radius 3 is 0.477 bits per heavy atom. The molecule has 4 unspecified atom stereocenters. The van der Waals surface area contributed by atoms with Gasteiger partial charge in [-0.05, 0) is 141 Å². The van der Waals surface area contributed by atoms with Crippen LogP contribution in [0.2, 0.25) is 20.1 Å². The first-order valence-corrected chi connectivity index (χ1v) is 54.6. The van der Waals surface area contributed by atoms with Crippen molar-refractivity contribution < 1.29 is 0 Å². The van der Waals surface area contributed by atoms with Gasteiger partial charge >= 0.3 is 0 Å². The lowest BCUT2D eigenvalue weighted by atomic mass is 9.78. The number of aromatic nitrogens is 4. The summed E-state index contributed by atoms with van der Waals surface area (Å²) < 4.78 is 5.75. The maximum absolute atomic E-state index is 16.8. The number of hydrogen-bond acceptors (Lipinski definition) is 8. The summed E-state index contributed by atoms with van der Waals surface area (Å²) in [5, 5.41) is 11.7. The molecule has 4 atom stereocenters. The lowest BCUT2D eigenvalue weighted by molar-refractivity contribution is 0.359. The summed E-state index contributed by atoms with van der Waals surface area (Å²) in [5.74, 6) is 1.04. The van der Waals surface area contributed by atoms with Gasteiger partial charge in [-0.2, -0.15) is 0 Å². The van der Waals surface area contributed by atoms with Crippen molar-refractivity contribution in [3.8, 4) is 0 Å². The third-order valence-corrected chi connectivity index (χ3v) is 32.8. The Kier molecular flexibility index (Phi) is 34.6. The van der Waals surface area contributed by atoms with Crippen LogP contribution in [0, 0.1) is 23.7 Å². The summed E-state index contributed by atoms with van der Waals surface area (Å²) in [4.78, 5) is 132. The topological polar surface area (TPSA) is 156 Å². The number of nitrogens with zero attached hydrogens (tertiary/aromatic N) is 4. The standard InChI is InChI=1S/C116H148Cl4N4O8/c1-9-17-25-33-37-45-53-73(49-41-29-21-13-5)57-61-121-109(125)81-65-77-78-66-82-94-87(115(131)122(110(82)126)62-58-74(50-42-30-22-14-6)54-46-38-34-26-18-10-2)71-91(119)103-104-92(120)72-88-96-84(112(128)124(116(88)132)64-60-76(52-44-32-24-16-8)56-48-40-36-28-20-12-4)68-80(100(108(96)104)98(78)106(94)103)79-67-83-95-86(70-90(118)102-101-89(117)69-85(113(121)129)93(81)105(101)97(77)99(79)107(95)102)114(130)123(111(83)127)63-59-75(51-43-31-23-15-7)55-47-39-35-27-19-11-3/h65-76H,9-64H2,1-8H3. The lowest BCUT2D eigenvalue weighted by Crippen LogP contribution is -2.34. The minimum absolute atomic E-state index is 0.166. The van der Waals surface area contributed by atoms with Gasteiger partial charge in [0, 0.05) is 132 Å². The van der Waals surface area contributed by atoms with Gasteiger partial charge in [-0.3, -0.25) is 56.6 Å². The number of hydrogen-bond donors (Lipinski definition) is 0. The van der Waals surface area contributed by atoms with Gasteiger partial charge in [0.05, 0.1) is 21.5 Å². The Labute approximate surface area is 800 Å². The van der Waals surface area contributed by atoms with E-state index < -0.39 is 44.5 Å². The smallest absolute Gasteiger partial charge is 0.261 e. The zero-order chi connectivity index (χ0) is 93.0. The summed E-state index contributed by atoms with van der Waals surface area (Å²) in [7, 11) is 0. The molecule has 0 aliphatic rings. The zero-order valence-corrected chi connectivity index (χ0v) is 84.1. The van der Waals surface area contributed by atoms with E-state index >= 15 is 38.4 Å². The summed E-state index contributed by atoms with van der Waals surface area (Å²) in [6.07, 6.45) is 55.8. The molecule has 0 spiro atoms. The van der Waals surface area contributed by atoms with E-state index in [0.29, 0.717) is 133 Å². The molecular weight excluding hydrogens is 1720 g/mol. The number of unbranched alkanes of at least 4 members (excludes halogenated alkanes) is 32. The zero-order valence-electron chi connectivity index (χ0n) is 81.1. The molecule has 16 heteroatoms.